The Kier molecular flexibility index (Phi) is 31.6. The summed E-state index contributed by atoms with van der Waals surface area (Å²) in [5, 5.41) is 2.60. The molecule has 1 unspecified atom stereocenters. The number of hydrogen-bond donors (Lipinski definition) is 2. The molecule has 0 aliphatic heterocycles. The molecule has 10 heteroatoms. The van der Waals surface area contributed by atoms with Crippen LogP contribution in [0.3, 0.4) is 0 Å². The maximum Gasteiger partial charge on any atom is 0.211 e. The maximum atomic E-state index is 14.6. The van der Waals surface area contributed by atoms with E-state index in [2.05, 4.69) is 53.3 Å². The highest BCUT2D eigenvalue weighted by molar-refractivity contribution is 7.99. The molecular formula is C39H62F2N4O2S2. The molecule has 2 N–H and O–H groups in total. The van der Waals surface area contributed by atoms with Crippen molar-refractivity contribution in [1.82, 2.24) is 14.0 Å². The van der Waals surface area contributed by atoms with Gasteiger partial charge in [0.15, 0.2) is 0 Å². The van der Waals surface area contributed by atoms with Crippen molar-refractivity contribution in [2.24, 2.45) is 0 Å². The Morgan fingerprint density at radius 2 is 1.59 bits per heavy atom. The number of carbonyl (C=O) groups excluding carboxylic acids is 1. The van der Waals surface area contributed by atoms with Crippen LogP contribution in [0.4, 0.5) is 14.5 Å². The molecule has 1 aromatic heterocycles. The third-order valence-electron chi connectivity index (χ3n) is 5.35. The number of amides is 1. The molecule has 1 amide bonds. The Bertz CT molecular complexity index is 1250. The van der Waals surface area contributed by atoms with Crippen molar-refractivity contribution in [3.63, 3.8) is 0 Å². The van der Waals surface area contributed by atoms with Gasteiger partial charge in [0.1, 0.15) is 17.4 Å². The van der Waals surface area contributed by atoms with E-state index in [4.69, 9.17) is 4.74 Å². The lowest BCUT2D eigenvalue weighted by Crippen LogP contribution is -2.25. The molecule has 276 valence electrons. The minimum atomic E-state index is -0.295. The zero-order chi connectivity index (χ0) is 38.4. The van der Waals surface area contributed by atoms with E-state index in [-0.39, 0.29) is 22.4 Å². The Morgan fingerprint density at radius 3 is 2.02 bits per heavy atom. The smallest absolute Gasteiger partial charge is 0.211 e. The summed E-state index contributed by atoms with van der Waals surface area (Å²) in [6.45, 7) is 29.8. The van der Waals surface area contributed by atoms with Crippen LogP contribution >= 0.6 is 23.9 Å². The zero-order valence-corrected chi connectivity index (χ0v) is 33.8. The van der Waals surface area contributed by atoms with Gasteiger partial charge in [-0.15, -0.1) is 0 Å². The lowest BCUT2D eigenvalue weighted by Gasteiger charge is -2.26. The molecule has 0 fully saturated rings. The Balaban J connectivity index is -0.000000911. The summed E-state index contributed by atoms with van der Waals surface area (Å²) in [5.74, 6) is 0.890. The molecular weight excluding hydrogens is 659 g/mol. The number of ether oxygens (including phenoxy) is 1. The molecule has 6 nitrogen and oxygen atoms in total. The number of anilines is 1. The molecule has 1 atom stereocenters. The van der Waals surface area contributed by atoms with Crippen LogP contribution in [0.15, 0.2) is 85.6 Å². The van der Waals surface area contributed by atoms with E-state index in [0.29, 0.717) is 23.4 Å². The fourth-order valence-electron chi connectivity index (χ4n) is 3.09. The molecule has 0 aliphatic carbocycles. The maximum absolute atomic E-state index is 14.6. The van der Waals surface area contributed by atoms with E-state index in [0.717, 1.165) is 23.6 Å². The van der Waals surface area contributed by atoms with Crippen LogP contribution in [0.5, 0.6) is 5.75 Å². The van der Waals surface area contributed by atoms with Crippen molar-refractivity contribution in [3.8, 4) is 5.75 Å². The van der Waals surface area contributed by atoms with Gasteiger partial charge in [-0.05, 0) is 89.7 Å². The number of allylic oxidation sites excluding steroid dienone is 2. The number of nitrogens with zero attached hydrogens (tertiary/aromatic N) is 2. The first-order chi connectivity index (χ1) is 23.3. The van der Waals surface area contributed by atoms with Crippen molar-refractivity contribution < 1.29 is 18.3 Å². The first-order valence-electron chi connectivity index (χ1n) is 16.5. The first kappa shape index (κ1) is 50.2. The minimum Gasteiger partial charge on any atom is -0.497 e. The molecule has 49 heavy (non-hydrogen) atoms. The summed E-state index contributed by atoms with van der Waals surface area (Å²) in [6.07, 6.45) is 3.52. The number of aryl methyl sites for hydroxylation is 1. The van der Waals surface area contributed by atoms with E-state index in [9.17, 15) is 13.6 Å². The molecule has 2 aromatic carbocycles. The van der Waals surface area contributed by atoms with Crippen LogP contribution in [-0.4, -0.2) is 40.4 Å². The van der Waals surface area contributed by atoms with Gasteiger partial charge in [0.2, 0.25) is 6.41 Å². The SMILES string of the molecule is C=CC(=C)C.CC.CC.CC.COc1ccc(CN(C)SCC(NSC(C)(C)C)c2cc(NC=O)ccc2F)cc1.Cc1ccc(F)cn1. The largest absolute Gasteiger partial charge is 0.497 e. The highest BCUT2D eigenvalue weighted by atomic mass is 32.2. The van der Waals surface area contributed by atoms with Crippen molar-refractivity contribution >= 4 is 36.0 Å². The van der Waals surface area contributed by atoms with Gasteiger partial charge in [-0.2, -0.15) is 0 Å². The van der Waals surface area contributed by atoms with Crippen LogP contribution in [0.1, 0.15) is 92.1 Å². The normalized spacial score (nSPS) is 10.3. The second-order valence-corrected chi connectivity index (χ2v) is 13.4. The summed E-state index contributed by atoms with van der Waals surface area (Å²) in [5.41, 5.74) is 4.13. The second-order valence-electron chi connectivity index (χ2n) is 10.5. The number of pyridine rings is 1. The molecule has 0 saturated heterocycles. The van der Waals surface area contributed by atoms with Gasteiger partial charge in [-0.3, -0.25) is 14.5 Å². The highest BCUT2D eigenvalue weighted by Gasteiger charge is 2.21. The number of methoxy groups -OCH3 is 1. The Morgan fingerprint density at radius 1 is 1.02 bits per heavy atom. The predicted molar refractivity (Wildman–Crippen MR) is 214 cm³/mol. The Hall–Kier alpha value is -3.18. The van der Waals surface area contributed by atoms with Gasteiger partial charge in [0.25, 0.3) is 0 Å². The molecule has 0 aliphatic rings. The predicted octanol–water partition coefficient (Wildman–Crippen LogP) is 11.6. The number of carbonyl (C=O) groups is 1. The average Bonchev–Trinajstić information content (AvgIpc) is 3.10. The second kappa shape index (κ2) is 30.8. The van der Waals surface area contributed by atoms with Crippen molar-refractivity contribution in [3.05, 3.63) is 114 Å². The molecule has 3 aromatic rings. The number of hydrogen-bond acceptors (Lipinski definition) is 7. The molecule has 0 spiro atoms. The quantitative estimate of drug-likeness (QED) is 0.110. The molecule has 1 heterocycles. The highest BCUT2D eigenvalue weighted by Crippen LogP contribution is 2.31. The summed E-state index contributed by atoms with van der Waals surface area (Å²) in [7, 11) is 3.67. The molecule has 0 bridgehead atoms. The van der Waals surface area contributed by atoms with Crippen molar-refractivity contribution in [2.75, 3.05) is 25.2 Å². The van der Waals surface area contributed by atoms with Gasteiger partial charge >= 0.3 is 0 Å². The summed E-state index contributed by atoms with van der Waals surface area (Å²) < 4.78 is 37.4. The standard InChI is InChI=1S/C22H30FN3O2S2.C6H6FN.C5H8.3C2H6/c1-22(2,3)30-25-21(19-12-17(24-15-27)8-11-20(19)23)14-29-26(4)13-16-6-9-18(28-5)10-7-16;1-5-2-3-6(7)4-8-5;1-4-5(2)3;3*1-2/h6-12,15,21,25H,13-14H2,1-5H3,(H,24,27);2-4H,1H3;4H,1-2H2,3H3;3*1-2H3. The van der Waals surface area contributed by atoms with Gasteiger partial charge in [-0.25, -0.2) is 13.1 Å². The fraction of sp³-hybridized carbons (Fsp3) is 0.436. The van der Waals surface area contributed by atoms with Gasteiger partial charge in [0, 0.05) is 34.0 Å². The number of nitrogens with one attached hydrogen (secondary N) is 2. The lowest BCUT2D eigenvalue weighted by molar-refractivity contribution is -0.105. The molecule has 0 radical (unpaired) electrons. The number of halogens is 2. The average molecular weight is 721 g/mol. The van der Waals surface area contributed by atoms with Crippen LogP contribution in [0.2, 0.25) is 0 Å². The van der Waals surface area contributed by atoms with Gasteiger partial charge in [-0.1, -0.05) is 102 Å². The van der Waals surface area contributed by atoms with E-state index in [1.807, 2.05) is 86.7 Å². The topological polar surface area (TPSA) is 66.5 Å². The van der Waals surface area contributed by atoms with Crippen molar-refractivity contribution in [2.45, 2.75) is 93.5 Å². The van der Waals surface area contributed by atoms with Crippen LogP contribution in [0.25, 0.3) is 0 Å². The van der Waals surface area contributed by atoms with Crippen LogP contribution < -0.4 is 14.8 Å². The van der Waals surface area contributed by atoms with Gasteiger partial charge in [0.05, 0.1) is 19.3 Å². The minimum absolute atomic E-state index is 0.0208. The molecule has 3 rings (SSSR count). The van der Waals surface area contributed by atoms with Gasteiger partial charge < -0.3 is 10.1 Å². The first-order valence-corrected chi connectivity index (χ1v) is 18.3. The molecule has 0 saturated carbocycles. The Labute approximate surface area is 305 Å². The fourth-order valence-corrected chi connectivity index (χ4v) is 4.81. The summed E-state index contributed by atoms with van der Waals surface area (Å²) in [6, 6.07) is 15.4. The van der Waals surface area contributed by atoms with Crippen molar-refractivity contribution in [1.29, 1.82) is 0 Å². The number of aromatic nitrogens is 1. The lowest BCUT2D eigenvalue weighted by atomic mass is 10.1. The third-order valence-corrected chi connectivity index (χ3v) is 7.42. The number of rotatable bonds is 12. The van der Waals surface area contributed by atoms with E-state index >= 15 is 0 Å². The van der Waals surface area contributed by atoms with E-state index in [1.165, 1.54) is 23.9 Å². The monoisotopic (exact) mass is 720 g/mol. The number of benzene rings is 2. The van der Waals surface area contributed by atoms with E-state index < -0.39 is 0 Å². The van der Waals surface area contributed by atoms with E-state index in [1.54, 1.807) is 55.3 Å². The summed E-state index contributed by atoms with van der Waals surface area (Å²) >= 11 is 3.20. The van der Waals surface area contributed by atoms with Crippen LogP contribution in [0, 0.1) is 18.6 Å². The van der Waals surface area contributed by atoms with Crippen LogP contribution in [-0.2, 0) is 11.3 Å². The third kappa shape index (κ3) is 26.4. The summed E-state index contributed by atoms with van der Waals surface area (Å²) in [4.78, 5) is 14.5. The zero-order valence-electron chi connectivity index (χ0n) is 32.1.